The fraction of sp³-hybridized carbons (Fsp3) is 0.889. The summed E-state index contributed by atoms with van der Waals surface area (Å²) in [5, 5.41) is 0. The Balaban J connectivity index is 3.36. The third-order valence-corrected chi connectivity index (χ3v) is 2.19. The van der Waals surface area contributed by atoms with Gasteiger partial charge >= 0.3 is 0 Å². The highest BCUT2D eigenvalue weighted by atomic mass is 35.5. The highest BCUT2D eigenvalue weighted by Crippen LogP contribution is 2.10. The molecule has 0 rings (SSSR count). The van der Waals surface area contributed by atoms with Gasteiger partial charge in [-0.25, -0.2) is 0 Å². The van der Waals surface area contributed by atoms with Gasteiger partial charge < -0.3 is 0 Å². The maximum atomic E-state index is 11.1. The molecule has 0 aliphatic rings. The number of halogens is 1. The molecule has 0 saturated heterocycles. The van der Waals surface area contributed by atoms with Crippen molar-refractivity contribution in [1.82, 2.24) is 0 Å². The molecule has 0 aliphatic carbocycles. The first kappa shape index (κ1) is 11.0. The van der Waals surface area contributed by atoms with Crippen molar-refractivity contribution < 1.29 is 4.79 Å². The number of hydrogen-bond acceptors (Lipinski definition) is 1. The summed E-state index contributed by atoms with van der Waals surface area (Å²) < 4.78 is 0. The molecule has 0 bridgehead atoms. The highest BCUT2D eigenvalue weighted by Gasteiger charge is 2.08. The van der Waals surface area contributed by atoms with E-state index in [9.17, 15) is 4.79 Å². The van der Waals surface area contributed by atoms with E-state index in [1.807, 2.05) is 13.8 Å². The molecule has 0 aromatic heterocycles. The number of rotatable bonds is 6. The monoisotopic (exact) mass is 176 g/mol. The van der Waals surface area contributed by atoms with Crippen LogP contribution in [0.15, 0.2) is 0 Å². The molecular formula is C9H17ClO. The first-order valence-corrected chi connectivity index (χ1v) is 4.84. The summed E-state index contributed by atoms with van der Waals surface area (Å²) in [6.07, 6.45) is 3.78. The molecule has 0 saturated carbocycles. The molecule has 0 aromatic rings. The van der Waals surface area contributed by atoms with E-state index in [-0.39, 0.29) is 5.92 Å². The Bertz CT molecular complexity index is 112. The van der Waals surface area contributed by atoms with Crippen LogP contribution >= 0.6 is 11.6 Å². The third kappa shape index (κ3) is 5.25. The van der Waals surface area contributed by atoms with Crippen LogP contribution in [0.2, 0.25) is 0 Å². The first-order chi connectivity index (χ1) is 5.22. The van der Waals surface area contributed by atoms with Crippen LogP contribution in [0.1, 0.15) is 39.5 Å². The minimum absolute atomic E-state index is 0.239. The molecular weight excluding hydrogens is 160 g/mol. The van der Waals surface area contributed by atoms with Gasteiger partial charge in [0, 0.05) is 18.2 Å². The van der Waals surface area contributed by atoms with Gasteiger partial charge in [0.1, 0.15) is 5.78 Å². The van der Waals surface area contributed by atoms with Gasteiger partial charge in [0.05, 0.1) is 0 Å². The van der Waals surface area contributed by atoms with E-state index >= 15 is 0 Å². The zero-order chi connectivity index (χ0) is 8.69. The predicted molar refractivity (Wildman–Crippen MR) is 49.0 cm³/mol. The zero-order valence-corrected chi connectivity index (χ0v) is 8.16. The van der Waals surface area contributed by atoms with Gasteiger partial charge in [-0.1, -0.05) is 20.3 Å². The van der Waals surface area contributed by atoms with Gasteiger partial charge in [-0.05, 0) is 12.8 Å². The second-order valence-electron chi connectivity index (χ2n) is 2.91. The largest absolute Gasteiger partial charge is 0.299 e. The topological polar surface area (TPSA) is 17.1 Å². The summed E-state index contributed by atoms with van der Waals surface area (Å²) in [6, 6.07) is 0. The molecule has 1 atom stereocenters. The average Bonchev–Trinajstić information content (AvgIpc) is 2.03. The molecule has 0 spiro atoms. The SMILES string of the molecule is CCC(=O)C(C)CCCCCl. The number of hydrogen-bond donors (Lipinski definition) is 0. The standard InChI is InChI=1S/C9H17ClO/c1-3-9(11)8(2)6-4-5-7-10/h8H,3-7H2,1-2H3. The van der Waals surface area contributed by atoms with Crippen molar-refractivity contribution in [1.29, 1.82) is 0 Å². The van der Waals surface area contributed by atoms with Crippen LogP contribution in [0.4, 0.5) is 0 Å². The lowest BCUT2D eigenvalue weighted by atomic mass is 9.98. The van der Waals surface area contributed by atoms with E-state index in [1.165, 1.54) is 0 Å². The Kier molecular flexibility index (Phi) is 6.63. The van der Waals surface area contributed by atoms with E-state index in [0.717, 1.165) is 19.3 Å². The maximum absolute atomic E-state index is 11.1. The summed E-state index contributed by atoms with van der Waals surface area (Å²) >= 11 is 5.51. The molecule has 0 N–H and O–H groups in total. The van der Waals surface area contributed by atoms with Gasteiger partial charge in [-0.2, -0.15) is 0 Å². The van der Waals surface area contributed by atoms with Crippen LogP contribution in [0.5, 0.6) is 0 Å². The van der Waals surface area contributed by atoms with Crippen molar-refractivity contribution in [3.8, 4) is 0 Å². The quantitative estimate of drug-likeness (QED) is 0.449. The summed E-state index contributed by atoms with van der Waals surface area (Å²) in [7, 11) is 0. The van der Waals surface area contributed by atoms with Gasteiger partial charge in [0.15, 0.2) is 0 Å². The molecule has 2 heteroatoms. The van der Waals surface area contributed by atoms with Crippen LogP contribution in [0.3, 0.4) is 0 Å². The Morgan fingerprint density at radius 3 is 2.55 bits per heavy atom. The second kappa shape index (κ2) is 6.66. The van der Waals surface area contributed by atoms with Gasteiger partial charge in [-0.15, -0.1) is 11.6 Å². The van der Waals surface area contributed by atoms with Crippen LogP contribution in [0.25, 0.3) is 0 Å². The van der Waals surface area contributed by atoms with Crippen molar-refractivity contribution >= 4 is 17.4 Å². The third-order valence-electron chi connectivity index (χ3n) is 1.92. The number of carbonyl (C=O) groups is 1. The normalized spacial score (nSPS) is 13.0. The lowest BCUT2D eigenvalue weighted by molar-refractivity contribution is -0.122. The second-order valence-corrected chi connectivity index (χ2v) is 3.28. The first-order valence-electron chi connectivity index (χ1n) is 4.31. The van der Waals surface area contributed by atoms with Gasteiger partial charge in [0.25, 0.3) is 0 Å². The Morgan fingerprint density at radius 2 is 2.09 bits per heavy atom. The summed E-state index contributed by atoms with van der Waals surface area (Å²) in [5.41, 5.74) is 0. The number of unbranched alkanes of at least 4 members (excludes halogenated alkanes) is 1. The molecule has 11 heavy (non-hydrogen) atoms. The molecule has 0 aromatic carbocycles. The minimum atomic E-state index is 0.239. The van der Waals surface area contributed by atoms with Crippen LogP contribution in [0, 0.1) is 5.92 Å². The minimum Gasteiger partial charge on any atom is -0.299 e. The van der Waals surface area contributed by atoms with E-state index in [0.29, 0.717) is 18.1 Å². The van der Waals surface area contributed by atoms with Crippen LogP contribution < -0.4 is 0 Å². The molecule has 0 aliphatic heterocycles. The predicted octanol–water partition coefficient (Wildman–Crippen LogP) is 3.01. The zero-order valence-electron chi connectivity index (χ0n) is 7.40. The smallest absolute Gasteiger partial charge is 0.135 e. The molecule has 66 valence electrons. The van der Waals surface area contributed by atoms with Crippen LogP contribution in [-0.4, -0.2) is 11.7 Å². The van der Waals surface area contributed by atoms with Crippen molar-refractivity contribution in [2.45, 2.75) is 39.5 Å². The Labute approximate surface area is 74.1 Å². The summed E-state index contributed by atoms with van der Waals surface area (Å²) in [6.45, 7) is 3.92. The number of ketones is 1. The fourth-order valence-corrected chi connectivity index (χ4v) is 1.24. The van der Waals surface area contributed by atoms with E-state index in [2.05, 4.69) is 0 Å². The van der Waals surface area contributed by atoms with E-state index < -0.39 is 0 Å². The fourth-order valence-electron chi connectivity index (χ4n) is 1.05. The lowest BCUT2D eigenvalue weighted by Gasteiger charge is -2.06. The molecule has 1 nitrogen and oxygen atoms in total. The summed E-state index contributed by atoms with van der Waals surface area (Å²) in [4.78, 5) is 11.1. The molecule has 0 radical (unpaired) electrons. The number of Topliss-reactive ketones (excluding diaryl/α,β-unsaturated/α-hetero) is 1. The molecule has 0 heterocycles. The molecule has 0 amide bonds. The maximum Gasteiger partial charge on any atom is 0.135 e. The Hall–Kier alpha value is -0.0400. The van der Waals surface area contributed by atoms with Crippen LogP contribution in [-0.2, 0) is 4.79 Å². The molecule has 0 fully saturated rings. The summed E-state index contributed by atoms with van der Waals surface area (Å²) in [5.74, 6) is 1.33. The average molecular weight is 177 g/mol. The molecule has 1 unspecified atom stereocenters. The van der Waals surface area contributed by atoms with Crippen molar-refractivity contribution in [2.24, 2.45) is 5.92 Å². The van der Waals surface area contributed by atoms with E-state index in [1.54, 1.807) is 0 Å². The van der Waals surface area contributed by atoms with Crippen molar-refractivity contribution in [3.63, 3.8) is 0 Å². The van der Waals surface area contributed by atoms with Crippen molar-refractivity contribution in [2.75, 3.05) is 5.88 Å². The van der Waals surface area contributed by atoms with Crippen molar-refractivity contribution in [3.05, 3.63) is 0 Å². The highest BCUT2D eigenvalue weighted by molar-refractivity contribution is 6.17. The van der Waals surface area contributed by atoms with Gasteiger partial charge in [0.2, 0.25) is 0 Å². The van der Waals surface area contributed by atoms with Gasteiger partial charge in [-0.3, -0.25) is 4.79 Å². The number of carbonyl (C=O) groups excluding carboxylic acids is 1. The lowest BCUT2D eigenvalue weighted by Crippen LogP contribution is -2.08. The number of alkyl halides is 1. The Morgan fingerprint density at radius 1 is 1.45 bits per heavy atom. The van der Waals surface area contributed by atoms with E-state index in [4.69, 9.17) is 11.6 Å².